The number of rotatable bonds is 36. The fourth-order valence-electron chi connectivity index (χ4n) is 5.71. The summed E-state index contributed by atoms with van der Waals surface area (Å²) in [6.45, 7) is 4.25. The molecule has 0 bridgehead atoms. The third-order valence-corrected chi connectivity index (χ3v) is 8.91. The van der Waals surface area contributed by atoms with Crippen molar-refractivity contribution in [1.29, 1.82) is 0 Å². The van der Waals surface area contributed by atoms with Gasteiger partial charge in [-0.05, 0) is 70.6 Å². The molecule has 0 saturated carbocycles. The van der Waals surface area contributed by atoms with Gasteiger partial charge in [-0.15, -0.1) is 0 Å². The quantitative estimate of drug-likeness (QED) is 0.0455. The summed E-state index contributed by atoms with van der Waals surface area (Å²) < 4.78 is 0. The molecule has 0 saturated heterocycles. The number of allylic oxidation sites excluding steroid dienone is 11. The molecule has 4 heteroatoms. The molecule has 2 atom stereocenters. The second-order valence-corrected chi connectivity index (χ2v) is 13.7. The van der Waals surface area contributed by atoms with E-state index in [9.17, 15) is 15.0 Å². The molecule has 0 aromatic carbocycles. The van der Waals surface area contributed by atoms with Crippen molar-refractivity contribution in [2.45, 2.75) is 199 Å². The van der Waals surface area contributed by atoms with Crippen LogP contribution in [0.5, 0.6) is 0 Å². The highest BCUT2D eigenvalue weighted by molar-refractivity contribution is 5.76. The average molecular weight is 682 g/mol. The molecule has 0 unspecified atom stereocenters. The Morgan fingerprint density at radius 1 is 0.490 bits per heavy atom. The zero-order valence-corrected chi connectivity index (χ0v) is 32.2. The van der Waals surface area contributed by atoms with E-state index < -0.39 is 12.1 Å². The van der Waals surface area contributed by atoms with Crippen molar-refractivity contribution in [1.82, 2.24) is 5.32 Å². The van der Waals surface area contributed by atoms with Gasteiger partial charge in [0.1, 0.15) is 0 Å². The van der Waals surface area contributed by atoms with Gasteiger partial charge in [-0.2, -0.15) is 0 Å². The summed E-state index contributed by atoms with van der Waals surface area (Å²) in [6, 6.07) is -0.670. The first-order valence-corrected chi connectivity index (χ1v) is 20.7. The Labute approximate surface area is 304 Å². The van der Waals surface area contributed by atoms with E-state index in [1.807, 2.05) is 6.08 Å². The molecule has 0 aliphatic carbocycles. The third kappa shape index (κ3) is 36.9. The molecule has 1 amide bonds. The molecule has 0 aromatic rings. The molecule has 49 heavy (non-hydrogen) atoms. The number of unbranched alkanes of at least 4 members (excludes halogenated alkanes) is 19. The maximum absolute atomic E-state index is 12.3. The molecule has 4 nitrogen and oxygen atoms in total. The average Bonchev–Trinajstić information content (AvgIpc) is 3.10. The first-order valence-electron chi connectivity index (χ1n) is 20.7. The maximum Gasteiger partial charge on any atom is 0.220 e. The summed E-state index contributed by atoms with van der Waals surface area (Å²) in [5.41, 5.74) is 0. The zero-order chi connectivity index (χ0) is 35.7. The van der Waals surface area contributed by atoms with Gasteiger partial charge in [0.15, 0.2) is 0 Å². The normalized spacial score (nSPS) is 13.8. The second-order valence-electron chi connectivity index (χ2n) is 13.7. The summed E-state index contributed by atoms with van der Waals surface area (Å²) in [5, 5.41) is 22.9. The topological polar surface area (TPSA) is 69.6 Å². The summed E-state index contributed by atoms with van der Waals surface area (Å²) >= 11 is 0. The fourth-order valence-corrected chi connectivity index (χ4v) is 5.71. The van der Waals surface area contributed by atoms with Gasteiger partial charge in [0, 0.05) is 6.42 Å². The van der Waals surface area contributed by atoms with Crippen LogP contribution in [0.1, 0.15) is 187 Å². The monoisotopic (exact) mass is 682 g/mol. The summed E-state index contributed by atoms with van der Waals surface area (Å²) in [5.74, 6) is -0.130. The molecule has 282 valence electrons. The number of hydrogen-bond acceptors (Lipinski definition) is 3. The van der Waals surface area contributed by atoms with E-state index >= 15 is 0 Å². The minimum atomic E-state index is -0.887. The van der Waals surface area contributed by atoms with Crippen molar-refractivity contribution in [3.63, 3.8) is 0 Å². The van der Waals surface area contributed by atoms with Crippen LogP contribution in [0.15, 0.2) is 72.9 Å². The Hall–Kier alpha value is -2.17. The van der Waals surface area contributed by atoms with Crippen molar-refractivity contribution >= 4 is 5.91 Å². The van der Waals surface area contributed by atoms with Gasteiger partial charge in [-0.25, -0.2) is 0 Å². The fraction of sp³-hybridized carbons (Fsp3) is 0.711. The van der Waals surface area contributed by atoms with Crippen LogP contribution in [0.3, 0.4) is 0 Å². The highest BCUT2D eigenvalue weighted by Gasteiger charge is 2.17. The van der Waals surface area contributed by atoms with E-state index in [0.29, 0.717) is 6.42 Å². The number of carbonyl (C=O) groups is 1. The summed E-state index contributed by atoms with van der Waals surface area (Å²) in [6.07, 6.45) is 57.2. The molecule has 0 heterocycles. The van der Waals surface area contributed by atoms with Crippen LogP contribution in [0.25, 0.3) is 0 Å². The predicted octanol–water partition coefficient (Wildman–Crippen LogP) is 12.7. The summed E-state index contributed by atoms with van der Waals surface area (Å²) in [4.78, 5) is 12.3. The van der Waals surface area contributed by atoms with E-state index in [4.69, 9.17) is 0 Å². The van der Waals surface area contributed by atoms with Gasteiger partial charge >= 0.3 is 0 Å². The van der Waals surface area contributed by atoms with Crippen LogP contribution in [0.4, 0.5) is 0 Å². The number of amides is 1. The number of carbonyl (C=O) groups excluding carboxylic acids is 1. The number of nitrogens with one attached hydrogen (secondary N) is 1. The molecular weight excluding hydrogens is 602 g/mol. The lowest BCUT2D eigenvalue weighted by atomic mass is 10.1. The maximum atomic E-state index is 12.3. The second kappa shape index (κ2) is 40.3. The van der Waals surface area contributed by atoms with Crippen molar-refractivity contribution in [2.24, 2.45) is 0 Å². The van der Waals surface area contributed by atoms with Crippen LogP contribution in [-0.4, -0.2) is 34.9 Å². The van der Waals surface area contributed by atoms with Gasteiger partial charge in [0.2, 0.25) is 5.91 Å². The van der Waals surface area contributed by atoms with Gasteiger partial charge < -0.3 is 15.5 Å². The highest BCUT2D eigenvalue weighted by Crippen LogP contribution is 2.12. The van der Waals surface area contributed by atoms with E-state index in [-0.39, 0.29) is 12.5 Å². The van der Waals surface area contributed by atoms with E-state index in [1.165, 1.54) is 116 Å². The van der Waals surface area contributed by atoms with E-state index in [1.54, 1.807) is 6.08 Å². The molecule has 0 fully saturated rings. The van der Waals surface area contributed by atoms with Crippen LogP contribution < -0.4 is 5.32 Å². The van der Waals surface area contributed by atoms with Crippen LogP contribution in [-0.2, 0) is 4.79 Å². The van der Waals surface area contributed by atoms with Crippen LogP contribution in [0, 0.1) is 0 Å². The molecule has 0 spiro atoms. The Morgan fingerprint density at radius 2 is 0.857 bits per heavy atom. The molecule has 0 radical (unpaired) electrons. The standard InChI is InChI=1S/C45H79NO3/c1-3-5-7-9-11-13-15-17-19-21-22-23-24-25-27-29-31-33-35-37-39-41-45(49)46-43(42-47)44(48)40-38-36-34-32-30-28-26-20-18-16-14-12-10-8-6-4-2/h19,21,23-24,27,29-30,32-33,35,38,40,43-44,47-48H,3-18,20,22,25-26,28,31,34,36-37,39,41-42H2,1-2H3,(H,46,49)/b21-19+,24-23+,29-27+,32-30+,35-33+,40-38+/t43-,44+/m0/s1. The molecule has 0 aliphatic rings. The largest absolute Gasteiger partial charge is 0.394 e. The van der Waals surface area contributed by atoms with Crippen molar-refractivity contribution in [3.05, 3.63) is 72.9 Å². The van der Waals surface area contributed by atoms with Gasteiger partial charge in [0.05, 0.1) is 18.8 Å². The molecule has 0 rings (SSSR count). The lowest BCUT2D eigenvalue weighted by Crippen LogP contribution is -2.45. The first kappa shape index (κ1) is 46.8. The predicted molar refractivity (Wildman–Crippen MR) is 216 cm³/mol. The van der Waals surface area contributed by atoms with E-state index in [2.05, 4.69) is 79.9 Å². The Morgan fingerprint density at radius 3 is 1.33 bits per heavy atom. The number of aliphatic hydroxyl groups excluding tert-OH is 2. The minimum Gasteiger partial charge on any atom is -0.394 e. The SMILES string of the molecule is CCCCCCCCC/C=C/C/C=C/C/C=C/C/C=C/CCCC(=O)N[C@@H](CO)[C@H](O)/C=C/CC/C=C/CCCCCCCCCCCC. The Kier molecular flexibility index (Phi) is 38.5. The van der Waals surface area contributed by atoms with Gasteiger partial charge in [-0.1, -0.05) is 183 Å². The number of hydrogen-bond donors (Lipinski definition) is 3. The third-order valence-electron chi connectivity index (χ3n) is 8.91. The van der Waals surface area contributed by atoms with E-state index in [0.717, 1.165) is 51.4 Å². The molecule has 0 aliphatic heterocycles. The lowest BCUT2D eigenvalue weighted by molar-refractivity contribution is -0.122. The number of aliphatic hydroxyl groups is 2. The van der Waals surface area contributed by atoms with Crippen molar-refractivity contribution in [2.75, 3.05) is 6.61 Å². The van der Waals surface area contributed by atoms with Crippen molar-refractivity contribution < 1.29 is 15.0 Å². The van der Waals surface area contributed by atoms with Gasteiger partial charge in [-0.3, -0.25) is 4.79 Å². The van der Waals surface area contributed by atoms with Crippen LogP contribution in [0.2, 0.25) is 0 Å². The molecule has 3 N–H and O–H groups in total. The van der Waals surface area contributed by atoms with Gasteiger partial charge in [0.25, 0.3) is 0 Å². The zero-order valence-electron chi connectivity index (χ0n) is 32.2. The first-order chi connectivity index (χ1) is 24.2. The smallest absolute Gasteiger partial charge is 0.220 e. The Bertz CT molecular complexity index is 868. The van der Waals surface area contributed by atoms with Crippen molar-refractivity contribution in [3.8, 4) is 0 Å². The highest BCUT2D eigenvalue weighted by atomic mass is 16.3. The molecule has 0 aromatic heterocycles. The minimum absolute atomic E-state index is 0.130. The lowest BCUT2D eigenvalue weighted by Gasteiger charge is -2.19. The summed E-state index contributed by atoms with van der Waals surface area (Å²) in [7, 11) is 0. The Balaban J connectivity index is 3.78. The van der Waals surface area contributed by atoms with Crippen LogP contribution >= 0.6 is 0 Å². The molecular formula is C45H79NO3.